The van der Waals surface area contributed by atoms with Crippen LogP contribution in [0.25, 0.3) is 11.2 Å². The zero-order valence-corrected chi connectivity index (χ0v) is 26.3. The molecule has 2 aliphatic rings. The highest BCUT2D eigenvalue weighted by atomic mass is 32.2. The molecule has 248 valence electrons. The number of aliphatic hydroxyl groups is 3. The van der Waals surface area contributed by atoms with E-state index in [4.69, 9.17) is 14.4 Å². The second-order valence-electron chi connectivity index (χ2n) is 10.9. The van der Waals surface area contributed by atoms with Gasteiger partial charge in [-0.15, -0.1) is 5.10 Å². The number of thioether (sulfide) groups is 1. The van der Waals surface area contributed by atoms with Crippen molar-refractivity contribution in [1.29, 1.82) is 0 Å². The molecule has 13 nitrogen and oxygen atoms in total. The highest BCUT2D eigenvalue weighted by molar-refractivity contribution is 7.99. The van der Waals surface area contributed by atoms with E-state index < -0.39 is 46.1 Å². The molecular weight excluding hydrogens is 646 g/mol. The van der Waals surface area contributed by atoms with Crippen molar-refractivity contribution in [1.82, 2.24) is 25.0 Å². The van der Waals surface area contributed by atoms with Crippen LogP contribution in [-0.4, -0.2) is 96.6 Å². The number of fused-ring (bicyclic) bond motifs is 1. The predicted octanol–water partition coefficient (Wildman–Crippen LogP) is 2.95. The zero-order valence-electron chi connectivity index (χ0n) is 24.6. The maximum atomic E-state index is 13.7. The largest absolute Gasteiger partial charge is 0.394 e. The Morgan fingerprint density at radius 3 is 2.48 bits per heavy atom. The van der Waals surface area contributed by atoms with Gasteiger partial charge in [0.05, 0.1) is 30.3 Å². The van der Waals surface area contributed by atoms with Gasteiger partial charge in [-0.2, -0.15) is 8.42 Å². The number of nitrogens with one attached hydrogen (secondary N) is 1. The van der Waals surface area contributed by atoms with Crippen molar-refractivity contribution in [3.8, 4) is 0 Å². The Hall–Kier alpha value is -3.32. The van der Waals surface area contributed by atoms with Gasteiger partial charge in [0.2, 0.25) is 0 Å². The summed E-state index contributed by atoms with van der Waals surface area (Å²) in [5.74, 6) is -0.472. The minimum absolute atomic E-state index is 0.00291. The number of benzene rings is 2. The molecule has 0 saturated heterocycles. The van der Waals surface area contributed by atoms with Gasteiger partial charge in [0.1, 0.15) is 12.2 Å². The van der Waals surface area contributed by atoms with Crippen molar-refractivity contribution in [2.24, 2.45) is 0 Å². The Kier molecular flexibility index (Phi) is 10.8. The molecule has 2 aromatic carbocycles. The summed E-state index contributed by atoms with van der Waals surface area (Å²) < 4.78 is 63.3. The first-order valence-corrected chi connectivity index (χ1v) is 17.0. The average molecular weight is 681 g/mol. The summed E-state index contributed by atoms with van der Waals surface area (Å²) in [7, 11) is -4.00. The number of nitrogens with zero attached hydrogens (tertiary/aromatic N) is 5. The van der Waals surface area contributed by atoms with E-state index in [9.17, 15) is 27.4 Å². The number of rotatable bonds is 11. The lowest BCUT2D eigenvalue weighted by Crippen LogP contribution is -2.33. The standard InChI is InChI=1S/C23H28F2N6O4S.C6H6O3S/c1-2-7-36-23-27-21(26-15-9-12(15)11-3-4-13(24)14(25)8-11)18-22(28-23)31(30-29-18)16-10-17(35-6-5-32)20(34)19(16)33;7-10(8,9)6-4-2-1-3-5-6/h3-4,8,12,15-17,19-20,32-34H,2,5-7,9-10H2,1H3,(H,26,27,28);1-5H,(H,7,8,9)/t12-,15+,16+,17-,19-,20+;/m0./s1. The van der Waals surface area contributed by atoms with Gasteiger partial charge >= 0.3 is 0 Å². The van der Waals surface area contributed by atoms with Gasteiger partial charge in [-0.25, -0.2) is 23.4 Å². The van der Waals surface area contributed by atoms with Crippen molar-refractivity contribution in [3.63, 3.8) is 0 Å². The van der Waals surface area contributed by atoms with Gasteiger partial charge in [0.15, 0.2) is 33.8 Å². The summed E-state index contributed by atoms with van der Waals surface area (Å²) in [6.45, 7) is 1.91. The van der Waals surface area contributed by atoms with Crippen molar-refractivity contribution in [3.05, 3.63) is 65.7 Å². The Balaban J connectivity index is 0.000000356. The molecule has 2 fully saturated rings. The topological polar surface area (TPSA) is 193 Å². The third-order valence-electron chi connectivity index (χ3n) is 7.60. The molecule has 5 N–H and O–H groups in total. The van der Waals surface area contributed by atoms with Gasteiger partial charge < -0.3 is 25.4 Å². The Morgan fingerprint density at radius 1 is 1.07 bits per heavy atom. The number of aromatic nitrogens is 5. The predicted molar refractivity (Wildman–Crippen MR) is 164 cm³/mol. The highest BCUT2D eigenvalue weighted by Crippen LogP contribution is 2.44. The first-order chi connectivity index (χ1) is 22.0. The molecule has 2 aliphatic carbocycles. The van der Waals surface area contributed by atoms with E-state index in [2.05, 4.69) is 32.5 Å². The Bertz CT molecular complexity index is 1750. The van der Waals surface area contributed by atoms with Gasteiger partial charge in [-0.1, -0.05) is 48.2 Å². The Morgan fingerprint density at radius 2 is 1.83 bits per heavy atom. The number of anilines is 1. The van der Waals surface area contributed by atoms with E-state index in [-0.39, 0.29) is 36.5 Å². The van der Waals surface area contributed by atoms with Crippen LogP contribution in [0.3, 0.4) is 0 Å². The van der Waals surface area contributed by atoms with Crippen LogP contribution < -0.4 is 5.32 Å². The number of halogens is 2. The molecule has 0 spiro atoms. The van der Waals surface area contributed by atoms with E-state index in [1.807, 2.05) is 0 Å². The number of hydrogen-bond donors (Lipinski definition) is 5. The zero-order chi connectivity index (χ0) is 33.0. The van der Waals surface area contributed by atoms with Crippen molar-refractivity contribution in [2.75, 3.05) is 24.3 Å². The summed E-state index contributed by atoms with van der Waals surface area (Å²) in [6, 6.07) is 10.7. The monoisotopic (exact) mass is 680 g/mol. The molecule has 46 heavy (non-hydrogen) atoms. The SMILES string of the molecule is CCCSc1nc(N[C@@H]2C[C@H]2c2ccc(F)c(F)c2)c2nnn([C@@H]3C[C@H](OCCO)[C@@H](O)[C@H]3O)c2n1.O=S(=O)(O)c1ccccc1. The smallest absolute Gasteiger partial charge is 0.294 e. The minimum Gasteiger partial charge on any atom is -0.394 e. The van der Waals surface area contributed by atoms with Crippen LogP contribution in [0.2, 0.25) is 0 Å². The van der Waals surface area contributed by atoms with Crippen LogP contribution >= 0.6 is 11.8 Å². The molecule has 0 bridgehead atoms. The lowest BCUT2D eigenvalue weighted by molar-refractivity contribution is -0.0629. The second-order valence-corrected chi connectivity index (χ2v) is 13.4. The number of hydrogen-bond acceptors (Lipinski definition) is 12. The van der Waals surface area contributed by atoms with E-state index in [1.54, 1.807) is 24.3 Å². The van der Waals surface area contributed by atoms with Crippen molar-refractivity contribution in [2.45, 2.75) is 72.6 Å². The Labute approximate surface area is 267 Å². The van der Waals surface area contributed by atoms with E-state index in [0.29, 0.717) is 27.7 Å². The van der Waals surface area contributed by atoms with Crippen LogP contribution in [0.1, 0.15) is 43.7 Å². The summed E-state index contributed by atoms with van der Waals surface area (Å²) in [5, 5.41) is 42.5. The molecule has 2 aromatic heterocycles. The molecule has 0 unspecified atom stereocenters. The van der Waals surface area contributed by atoms with Crippen molar-refractivity contribution < 1.29 is 41.8 Å². The van der Waals surface area contributed by atoms with Crippen LogP contribution in [0.5, 0.6) is 0 Å². The van der Waals surface area contributed by atoms with E-state index >= 15 is 0 Å². The van der Waals surface area contributed by atoms with Crippen LogP contribution in [0.4, 0.5) is 14.6 Å². The normalized spacial score (nSPS) is 24.1. The van der Waals surface area contributed by atoms with Crippen LogP contribution in [-0.2, 0) is 14.9 Å². The lowest BCUT2D eigenvalue weighted by atomic mass is 10.1. The summed E-state index contributed by atoms with van der Waals surface area (Å²) >= 11 is 1.48. The summed E-state index contributed by atoms with van der Waals surface area (Å²) in [5.41, 5.74) is 1.53. The lowest BCUT2D eigenvalue weighted by Gasteiger charge is -2.17. The fourth-order valence-electron chi connectivity index (χ4n) is 5.21. The number of ether oxygens (including phenoxy) is 1. The first-order valence-electron chi connectivity index (χ1n) is 14.6. The third kappa shape index (κ3) is 7.79. The summed E-state index contributed by atoms with van der Waals surface area (Å²) in [6.07, 6.45) is -1.04. The first kappa shape index (κ1) is 34.0. The molecule has 4 aromatic rings. The second kappa shape index (κ2) is 14.6. The van der Waals surface area contributed by atoms with E-state index in [1.165, 1.54) is 34.6 Å². The minimum atomic E-state index is -4.00. The van der Waals surface area contributed by atoms with Crippen molar-refractivity contribution >= 4 is 38.9 Å². The number of aliphatic hydroxyl groups excluding tert-OH is 3. The third-order valence-corrected chi connectivity index (χ3v) is 9.52. The van der Waals surface area contributed by atoms with Crippen LogP contribution in [0, 0.1) is 11.6 Å². The molecular formula is C29H34F2N6O7S2. The summed E-state index contributed by atoms with van der Waals surface area (Å²) in [4.78, 5) is 9.20. The van der Waals surface area contributed by atoms with Gasteiger partial charge in [-0.05, 0) is 42.7 Å². The van der Waals surface area contributed by atoms with E-state index in [0.717, 1.165) is 24.7 Å². The van der Waals surface area contributed by atoms with Gasteiger partial charge in [0.25, 0.3) is 10.1 Å². The maximum Gasteiger partial charge on any atom is 0.294 e. The van der Waals surface area contributed by atoms with Gasteiger partial charge in [-0.3, -0.25) is 4.55 Å². The quantitative estimate of drug-likeness (QED) is 0.0883. The molecule has 0 amide bonds. The molecule has 6 atom stereocenters. The van der Waals surface area contributed by atoms with Gasteiger partial charge in [0, 0.05) is 24.1 Å². The molecule has 2 heterocycles. The molecule has 17 heteroatoms. The van der Waals surface area contributed by atoms with Crippen LogP contribution in [0.15, 0.2) is 58.6 Å². The average Bonchev–Trinajstić information content (AvgIpc) is 3.58. The molecule has 6 rings (SSSR count). The fourth-order valence-corrected chi connectivity index (χ4v) is 6.40. The molecule has 0 radical (unpaired) electrons. The fraction of sp³-hybridized carbons (Fsp3) is 0.448. The highest BCUT2D eigenvalue weighted by Gasteiger charge is 2.45. The molecule has 2 saturated carbocycles. The molecule has 0 aliphatic heterocycles. The maximum absolute atomic E-state index is 13.7.